The first-order valence-corrected chi connectivity index (χ1v) is 10.2. The maximum Gasteiger partial charge on any atom is 0.310 e. The second kappa shape index (κ2) is 7.28. The molecule has 25 heavy (non-hydrogen) atoms. The van der Waals surface area contributed by atoms with Crippen LogP contribution in [-0.4, -0.2) is 23.6 Å². The zero-order chi connectivity index (χ0) is 18.2. The van der Waals surface area contributed by atoms with Gasteiger partial charge < -0.3 is 9.47 Å². The third-order valence-electron chi connectivity index (χ3n) is 7.60. The van der Waals surface area contributed by atoms with Crippen LogP contribution >= 0.6 is 0 Å². The Labute approximate surface area is 152 Å². The van der Waals surface area contributed by atoms with Crippen LogP contribution in [0, 0.1) is 29.6 Å². The monoisotopic (exact) mass is 350 g/mol. The number of carbonyl (C=O) groups is 2. The van der Waals surface area contributed by atoms with E-state index < -0.39 is 0 Å². The highest BCUT2D eigenvalue weighted by Gasteiger charge is 2.52. The van der Waals surface area contributed by atoms with Crippen LogP contribution < -0.4 is 0 Å². The van der Waals surface area contributed by atoms with Crippen molar-refractivity contribution >= 4 is 11.9 Å². The molecule has 3 rings (SSSR count). The van der Waals surface area contributed by atoms with Crippen molar-refractivity contribution in [3.05, 3.63) is 0 Å². The molecule has 6 atom stereocenters. The predicted octanol–water partition coefficient (Wildman–Crippen LogP) is 4.50. The molecule has 0 spiro atoms. The van der Waals surface area contributed by atoms with E-state index in [0.717, 1.165) is 50.4 Å². The van der Waals surface area contributed by atoms with Gasteiger partial charge in [-0.05, 0) is 74.5 Å². The molecule has 4 nitrogen and oxygen atoms in total. The van der Waals surface area contributed by atoms with E-state index in [1.54, 1.807) is 0 Å². The molecule has 0 N–H and O–H groups in total. The molecule has 3 aliphatic carbocycles. The lowest BCUT2D eigenvalue weighted by molar-refractivity contribution is -0.168. The highest BCUT2D eigenvalue weighted by molar-refractivity contribution is 5.72. The van der Waals surface area contributed by atoms with Crippen LogP contribution in [0.25, 0.3) is 0 Å². The van der Waals surface area contributed by atoms with Crippen LogP contribution in [0.1, 0.15) is 79.1 Å². The first kappa shape index (κ1) is 18.7. The quantitative estimate of drug-likeness (QED) is 0.662. The molecule has 0 aromatic heterocycles. The number of hydrogen-bond acceptors (Lipinski definition) is 4. The van der Waals surface area contributed by atoms with Crippen LogP contribution in [0.2, 0.25) is 0 Å². The molecule has 6 unspecified atom stereocenters. The molecule has 0 aromatic carbocycles. The molecule has 2 bridgehead atoms. The summed E-state index contributed by atoms with van der Waals surface area (Å²) >= 11 is 0. The van der Waals surface area contributed by atoms with Gasteiger partial charge in [-0.1, -0.05) is 20.8 Å². The standard InChI is InChI=1S/C21H34O4/c1-5-21(8-6-7-9-21)25-20(23)12-19(24-15(4)22)18-11-16-10-17(18)14(3)13(16)2/h13-14,16-19H,5-12H2,1-4H3. The van der Waals surface area contributed by atoms with Gasteiger partial charge >= 0.3 is 11.9 Å². The minimum absolute atomic E-state index is 0.182. The fraction of sp³-hybridized carbons (Fsp3) is 0.905. The Morgan fingerprint density at radius 1 is 1.12 bits per heavy atom. The highest BCUT2D eigenvalue weighted by atomic mass is 16.6. The number of carbonyl (C=O) groups excluding carboxylic acids is 2. The Bertz CT molecular complexity index is 506. The summed E-state index contributed by atoms with van der Waals surface area (Å²) in [4.78, 5) is 24.3. The fourth-order valence-electron chi connectivity index (χ4n) is 5.91. The zero-order valence-electron chi connectivity index (χ0n) is 16.3. The predicted molar refractivity (Wildman–Crippen MR) is 95.8 cm³/mol. The molecule has 3 saturated carbocycles. The second-order valence-electron chi connectivity index (χ2n) is 8.85. The number of hydrogen-bond donors (Lipinski definition) is 0. The highest BCUT2D eigenvalue weighted by Crippen LogP contribution is 2.56. The van der Waals surface area contributed by atoms with Crippen molar-refractivity contribution in [2.24, 2.45) is 29.6 Å². The number of rotatable bonds is 6. The van der Waals surface area contributed by atoms with Crippen molar-refractivity contribution in [3.63, 3.8) is 0 Å². The average Bonchev–Trinajstić information content (AvgIpc) is 3.24. The molecule has 4 heteroatoms. The fourth-order valence-corrected chi connectivity index (χ4v) is 5.91. The molecule has 0 aromatic rings. The summed E-state index contributed by atoms with van der Waals surface area (Å²) in [7, 11) is 0. The van der Waals surface area contributed by atoms with Gasteiger partial charge in [-0.15, -0.1) is 0 Å². The zero-order valence-corrected chi connectivity index (χ0v) is 16.3. The van der Waals surface area contributed by atoms with Crippen molar-refractivity contribution in [2.75, 3.05) is 0 Å². The van der Waals surface area contributed by atoms with Gasteiger partial charge in [-0.3, -0.25) is 9.59 Å². The summed E-state index contributed by atoms with van der Waals surface area (Å²) in [5, 5.41) is 0. The van der Waals surface area contributed by atoms with E-state index in [2.05, 4.69) is 20.8 Å². The Kier molecular flexibility index (Phi) is 5.45. The molecule has 0 saturated heterocycles. The molecule has 142 valence electrons. The lowest BCUT2D eigenvalue weighted by atomic mass is 9.73. The van der Waals surface area contributed by atoms with Crippen LogP contribution in [0.5, 0.6) is 0 Å². The van der Waals surface area contributed by atoms with Crippen LogP contribution in [0.4, 0.5) is 0 Å². The molecule has 3 aliphatic rings. The van der Waals surface area contributed by atoms with Gasteiger partial charge in [0, 0.05) is 6.92 Å². The van der Waals surface area contributed by atoms with Crippen molar-refractivity contribution in [2.45, 2.75) is 90.8 Å². The molecule has 3 fully saturated rings. The normalized spacial score (nSPS) is 37.0. The Hall–Kier alpha value is -1.06. The van der Waals surface area contributed by atoms with Gasteiger partial charge in [-0.25, -0.2) is 0 Å². The van der Waals surface area contributed by atoms with Gasteiger partial charge in [0.25, 0.3) is 0 Å². The van der Waals surface area contributed by atoms with Gasteiger partial charge in [0.2, 0.25) is 0 Å². The summed E-state index contributed by atoms with van der Waals surface area (Å²) < 4.78 is 11.6. The summed E-state index contributed by atoms with van der Waals surface area (Å²) in [6.45, 7) is 8.20. The summed E-state index contributed by atoms with van der Waals surface area (Å²) in [6, 6.07) is 0. The smallest absolute Gasteiger partial charge is 0.310 e. The lowest BCUT2D eigenvalue weighted by Gasteiger charge is -2.36. The maximum absolute atomic E-state index is 12.7. The molecule has 0 radical (unpaired) electrons. The lowest BCUT2D eigenvalue weighted by Crippen LogP contribution is -2.38. The number of ether oxygens (including phenoxy) is 2. The van der Waals surface area contributed by atoms with E-state index in [-0.39, 0.29) is 30.1 Å². The van der Waals surface area contributed by atoms with E-state index in [4.69, 9.17) is 9.47 Å². The summed E-state index contributed by atoms with van der Waals surface area (Å²) in [5.74, 6) is 2.53. The number of esters is 2. The third-order valence-corrected chi connectivity index (χ3v) is 7.60. The van der Waals surface area contributed by atoms with E-state index in [1.165, 1.54) is 13.3 Å². The second-order valence-corrected chi connectivity index (χ2v) is 8.85. The minimum atomic E-state index is -0.315. The van der Waals surface area contributed by atoms with Gasteiger partial charge in [-0.2, -0.15) is 0 Å². The number of fused-ring (bicyclic) bond motifs is 2. The summed E-state index contributed by atoms with van der Waals surface area (Å²) in [5.41, 5.74) is -0.270. The Balaban J connectivity index is 1.65. The largest absolute Gasteiger partial charge is 0.462 e. The van der Waals surface area contributed by atoms with Crippen molar-refractivity contribution in [3.8, 4) is 0 Å². The van der Waals surface area contributed by atoms with E-state index in [0.29, 0.717) is 17.8 Å². The maximum atomic E-state index is 12.7. The molecule has 0 heterocycles. The summed E-state index contributed by atoms with van der Waals surface area (Å²) in [6.07, 6.45) is 7.29. The van der Waals surface area contributed by atoms with Gasteiger partial charge in [0.1, 0.15) is 11.7 Å². The first-order chi connectivity index (χ1) is 11.8. The Morgan fingerprint density at radius 2 is 1.80 bits per heavy atom. The molecular formula is C21H34O4. The molecule has 0 amide bonds. The Morgan fingerprint density at radius 3 is 2.32 bits per heavy atom. The van der Waals surface area contributed by atoms with Crippen molar-refractivity contribution < 1.29 is 19.1 Å². The van der Waals surface area contributed by atoms with Gasteiger partial charge in [0.05, 0.1) is 6.42 Å². The van der Waals surface area contributed by atoms with Crippen LogP contribution in [0.15, 0.2) is 0 Å². The van der Waals surface area contributed by atoms with E-state index in [9.17, 15) is 9.59 Å². The molecular weight excluding hydrogens is 316 g/mol. The van der Waals surface area contributed by atoms with Crippen LogP contribution in [0.3, 0.4) is 0 Å². The van der Waals surface area contributed by atoms with Crippen molar-refractivity contribution in [1.29, 1.82) is 0 Å². The van der Waals surface area contributed by atoms with E-state index in [1.807, 2.05) is 0 Å². The average molecular weight is 350 g/mol. The van der Waals surface area contributed by atoms with E-state index >= 15 is 0 Å². The topological polar surface area (TPSA) is 52.6 Å². The SMILES string of the molecule is CCC1(OC(=O)CC(OC(C)=O)C2CC3CC2C(C)C3C)CCCC1. The first-order valence-electron chi connectivity index (χ1n) is 10.2. The van der Waals surface area contributed by atoms with Crippen LogP contribution in [-0.2, 0) is 19.1 Å². The minimum Gasteiger partial charge on any atom is -0.462 e. The van der Waals surface area contributed by atoms with Gasteiger partial charge in [0.15, 0.2) is 0 Å². The third kappa shape index (κ3) is 3.73. The van der Waals surface area contributed by atoms with Crippen molar-refractivity contribution in [1.82, 2.24) is 0 Å². The molecule has 0 aliphatic heterocycles.